The van der Waals surface area contributed by atoms with Gasteiger partial charge in [0.1, 0.15) is 0 Å². The number of aromatic nitrogens is 1. The van der Waals surface area contributed by atoms with Crippen LogP contribution in [0.1, 0.15) is 42.0 Å². The monoisotopic (exact) mass is 252 g/mol. The van der Waals surface area contributed by atoms with Crippen molar-refractivity contribution >= 4 is 5.69 Å². The van der Waals surface area contributed by atoms with E-state index < -0.39 is 0 Å². The molecule has 2 heteroatoms. The molecular formula is C17H20N2. The molecule has 4 rings (SSSR count). The third kappa shape index (κ3) is 1.37. The Morgan fingerprint density at radius 1 is 1.11 bits per heavy atom. The third-order valence-corrected chi connectivity index (χ3v) is 5.00. The first-order chi connectivity index (χ1) is 9.16. The molecule has 2 nitrogen and oxygen atoms in total. The van der Waals surface area contributed by atoms with Gasteiger partial charge in [0.2, 0.25) is 0 Å². The number of aryl methyl sites for hydroxylation is 2. The number of nitrogens with zero attached hydrogens (tertiary/aromatic N) is 2. The highest BCUT2D eigenvalue weighted by molar-refractivity contribution is 5.61. The molecule has 1 aromatic heterocycles. The lowest BCUT2D eigenvalue weighted by molar-refractivity contribution is 0.616. The normalized spacial score (nSPS) is 27.9. The van der Waals surface area contributed by atoms with E-state index in [1.54, 1.807) is 11.1 Å². The van der Waals surface area contributed by atoms with E-state index in [2.05, 4.69) is 67.0 Å². The van der Waals surface area contributed by atoms with E-state index in [-0.39, 0.29) is 0 Å². The van der Waals surface area contributed by atoms with E-state index in [0.717, 1.165) is 0 Å². The van der Waals surface area contributed by atoms with Gasteiger partial charge < -0.3 is 9.47 Å². The summed E-state index contributed by atoms with van der Waals surface area (Å²) in [4.78, 5) is 2.64. The summed E-state index contributed by atoms with van der Waals surface area (Å²) in [7, 11) is 2.14. The van der Waals surface area contributed by atoms with E-state index in [1.807, 2.05) is 0 Å². The maximum absolute atomic E-state index is 2.64. The van der Waals surface area contributed by atoms with Crippen molar-refractivity contribution in [1.82, 2.24) is 4.57 Å². The minimum atomic E-state index is 0.581. The molecule has 1 aliphatic carbocycles. The van der Waals surface area contributed by atoms with Crippen LogP contribution in [0.2, 0.25) is 0 Å². The second kappa shape index (κ2) is 3.66. The van der Waals surface area contributed by atoms with Crippen molar-refractivity contribution in [1.29, 1.82) is 0 Å². The number of fused-ring (bicyclic) bond motifs is 5. The quantitative estimate of drug-likeness (QED) is 0.750. The van der Waals surface area contributed by atoms with Crippen molar-refractivity contribution in [3.05, 3.63) is 53.3 Å². The Bertz CT molecular complexity index is 640. The predicted octanol–water partition coefficient (Wildman–Crippen LogP) is 3.77. The third-order valence-electron chi connectivity index (χ3n) is 5.00. The van der Waals surface area contributed by atoms with Crippen LogP contribution in [0.3, 0.4) is 0 Å². The lowest BCUT2D eigenvalue weighted by Gasteiger charge is -2.36. The van der Waals surface area contributed by atoms with Crippen LogP contribution in [-0.2, 0) is 7.05 Å². The van der Waals surface area contributed by atoms with Crippen molar-refractivity contribution in [2.45, 2.75) is 38.3 Å². The van der Waals surface area contributed by atoms with E-state index in [0.29, 0.717) is 18.0 Å². The van der Waals surface area contributed by atoms with Crippen LogP contribution in [0, 0.1) is 6.92 Å². The molecule has 98 valence electrons. The van der Waals surface area contributed by atoms with Gasteiger partial charge in [-0.2, -0.15) is 0 Å². The van der Waals surface area contributed by atoms with E-state index >= 15 is 0 Å². The van der Waals surface area contributed by atoms with Crippen LogP contribution in [-0.4, -0.2) is 10.6 Å². The van der Waals surface area contributed by atoms with Gasteiger partial charge in [-0.3, -0.25) is 0 Å². The molecule has 19 heavy (non-hydrogen) atoms. The number of hydrogen-bond donors (Lipinski definition) is 0. The molecule has 0 saturated carbocycles. The predicted molar refractivity (Wildman–Crippen MR) is 78.6 cm³/mol. The van der Waals surface area contributed by atoms with Crippen LogP contribution in [0.5, 0.6) is 0 Å². The first-order valence-electron chi connectivity index (χ1n) is 7.16. The average molecular weight is 252 g/mol. The summed E-state index contributed by atoms with van der Waals surface area (Å²) in [5, 5.41) is 0. The minimum Gasteiger partial charge on any atom is -0.361 e. The number of benzene rings is 1. The van der Waals surface area contributed by atoms with E-state index in [9.17, 15) is 0 Å². The van der Waals surface area contributed by atoms with Gasteiger partial charge in [0, 0.05) is 37.1 Å². The van der Waals surface area contributed by atoms with Gasteiger partial charge in [0.05, 0.1) is 6.04 Å². The zero-order valence-corrected chi connectivity index (χ0v) is 11.8. The summed E-state index contributed by atoms with van der Waals surface area (Å²) < 4.78 is 2.22. The molecule has 1 aliphatic heterocycles. The van der Waals surface area contributed by atoms with Gasteiger partial charge in [0.15, 0.2) is 0 Å². The topological polar surface area (TPSA) is 8.17 Å². The Morgan fingerprint density at radius 2 is 1.84 bits per heavy atom. The Labute approximate surface area is 114 Å². The Balaban J connectivity index is 1.83. The molecule has 0 spiro atoms. The van der Waals surface area contributed by atoms with E-state index in [1.165, 1.54) is 17.7 Å². The Hall–Kier alpha value is -1.70. The van der Waals surface area contributed by atoms with Gasteiger partial charge in [-0.15, -0.1) is 0 Å². The van der Waals surface area contributed by atoms with Crippen LogP contribution in [0.4, 0.5) is 5.69 Å². The van der Waals surface area contributed by atoms with Crippen molar-refractivity contribution in [2.75, 3.05) is 4.90 Å². The number of hydrogen-bond acceptors (Lipinski definition) is 1. The largest absolute Gasteiger partial charge is 0.361 e. The van der Waals surface area contributed by atoms with Gasteiger partial charge in [0.25, 0.3) is 0 Å². The SMILES string of the molecule is Cc1ccccc1N1C2CC(c3cn(C)cc32)C1C. The standard InChI is InChI=1S/C17H20N2/c1-11-6-4-5-7-16(11)19-12(2)13-8-17(19)15-10-18(3)9-14(13)15/h4-7,9-10,12-13,17H,8H2,1-3H3. The molecule has 0 amide bonds. The maximum Gasteiger partial charge on any atom is 0.0570 e. The molecule has 1 fully saturated rings. The zero-order valence-electron chi connectivity index (χ0n) is 11.8. The first-order valence-corrected chi connectivity index (χ1v) is 7.16. The van der Waals surface area contributed by atoms with Crippen LogP contribution < -0.4 is 4.90 Å². The van der Waals surface area contributed by atoms with Crippen molar-refractivity contribution in [3.63, 3.8) is 0 Å². The summed E-state index contributed by atoms with van der Waals surface area (Å²) in [6.45, 7) is 4.60. The minimum absolute atomic E-state index is 0.581. The smallest absolute Gasteiger partial charge is 0.0570 e. The van der Waals surface area contributed by atoms with Crippen LogP contribution >= 0.6 is 0 Å². The summed E-state index contributed by atoms with van der Waals surface area (Å²) in [6, 6.07) is 9.98. The van der Waals surface area contributed by atoms with E-state index in [4.69, 9.17) is 0 Å². The Kier molecular flexibility index (Phi) is 2.15. The number of para-hydroxylation sites is 1. The molecular weight excluding hydrogens is 232 g/mol. The van der Waals surface area contributed by atoms with Crippen molar-refractivity contribution < 1.29 is 0 Å². The second-order valence-corrected chi connectivity index (χ2v) is 6.13. The highest BCUT2D eigenvalue weighted by Crippen LogP contribution is 2.55. The molecule has 0 radical (unpaired) electrons. The summed E-state index contributed by atoms with van der Waals surface area (Å²) >= 11 is 0. The van der Waals surface area contributed by atoms with Gasteiger partial charge in [-0.25, -0.2) is 0 Å². The van der Waals surface area contributed by atoms with Crippen LogP contribution in [0.25, 0.3) is 0 Å². The number of anilines is 1. The van der Waals surface area contributed by atoms with Gasteiger partial charge in [-0.1, -0.05) is 18.2 Å². The summed E-state index contributed by atoms with van der Waals surface area (Å²) in [5.41, 5.74) is 5.94. The fourth-order valence-electron chi connectivity index (χ4n) is 4.15. The lowest BCUT2D eigenvalue weighted by atomic mass is 9.95. The van der Waals surface area contributed by atoms with Gasteiger partial charge >= 0.3 is 0 Å². The molecule has 2 bridgehead atoms. The summed E-state index contributed by atoms with van der Waals surface area (Å²) in [6.07, 6.45) is 5.93. The Morgan fingerprint density at radius 3 is 2.63 bits per heavy atom. The lowest BCUT2D eigenvalue weighted by Crippen LogP contribution is -2.35. The van der Waals surface area contributed by atoms with Crippen molar-refractivity contribution in [3.8, 4) is 0 Å². The highest BCUT2D eigenvalue weighted by Gasteiger charge is 2.48. The fourth-order valence-corrected chi connectivity index (χ4v) is 4.15. The zero-order chi connectivity index (χ0) is 13.1. The first kappa shape index (κ1) is 11.2. The fraction of sp³-hybridized carbons (Fsp3) is 0.412. The molecule has 3 unspecified atom stereocenters. The molecule has 1 saturated heterocycles. The molecule has 1 aromatic carbocycles. The van der Waals surface area contributed by atoms with Crippen LogP contribution in [0.15, 0.2) is 36.7 Å². The highest BCUT2D eigenvalue weighted by atomic mass is 15.2. The summed E-state index contributed by atoms with van der Waals surface area (Å²) in [5.74, 6) is 0.709. The molecule has 0 N–H and O–H groups in total. The number of rotatable bonds is 1. The molecule has 3 atom stereocenters. The maximum atomic E-state index is 2.64. The molecule has 2 aromatic rings. The average Bonchev–Trinajstić information content (AvgIpc) is 2.99. The molecule has 2 aliphatic rings. The van der Waals surface area contributed by atoms with Crippen molar-refractivity contribution in [2.24, 2.45) is 7.05 Å². The van der Waals surface area contributed by atoms with Gasteiger partial charge in [-0.05, 0) is 43.0 Å². The second-order valence-electron chi connectivity index (χ2n) is 6.13. The molecule has 2 heterocycles.